The van der Waals surface area contributed by atoms with Crippen molar-refractivity contribution in [2.45, 2.75) is 26.4 Å². The molecule has 0 heterocycles. The van der Waals surface area contributed by atoms with E-state index in [1.807, 2.05) is 13.8 Å². The van der Waals surface area contributed by atoms with E-state index in [9.17, 15) is 10.2 Å². The number of benzene rings is 1. The van der Waals surface area contributed by atoms with Crippen molar-refractivity contribution in [2.24, 2.45) is 5.92 Å². The average molecular weight is 196 g/mol. The maximum Gasteiger partial charge on any atom is 0.157 e. The van der Waals surface area contributed by atoms with Crippen LogP contribution in [-0.4, -0.2) is 21.4 Å². The second-order valence-electron chi connectivity index (χ2n) is 3.84. The Balaban J connectivity index is 2.73. The third kappa shape index (κ3) is 2.64. The third-order valence-corrected chi connectivity index (χ3v) is 2.25. The van der Waals surface area contributed by atoms with Crippen molar-refractivity contribution in [3.05, 3.63) is 23.8 Å². The standard InChI is InChI=1S/C11H16O3/c1-7(2)10(13)5-8-3-4-9(12)11(14)6-8/h3-4,6-7,10,12-14H,5H2,1-2H3/t10-/m0/s1. The smallest absolute Gasteiger partial charge is 0.157 e. The van der Waals surface area contributed by atoms with Gasteiger partial charge in [-0.1, -0.05) is 19.9 Å². The van der Waals surface area contributed by atoms with E-state index < -0.39 is 6.10 Å². The first-order chi connectivity index (χ1) is 6.50. The lowest BCUT2D eigenvalue weighted by Crippen LogP contribution is -2.17. The number of phenolic OH excluding ortho intramolecular Hbond substituents is 2. The number of rotatable bonds is 3. The molecule has 0 saturated heterocycles. The normalized spacial score (nSPS) is 13.1. The van der Waals surface area contributed by atoms with Gasteiger partial charge in [0.2, 0.25) is 0 Å². The van der Waals surface area contributed by atoms with Gasteiger partial charge in [-0.05, 0) is 30.0 Å². The molecule has 0 aromatic heterocycles. The molecule has 78 valence electrons. The molecule has 0 aliphatic heterocycles. The monoisotopic (exact) mass is 196 g/mol. The number of hydrogen-bond donors (Lipinski definition) is 3. The van der Waals surface area contributed by atoms with Gasteiger partial charge >= 0.3 is 0 Å². The summed E-state index contributed by atoms with van der Waals surface area (Å²) in [7, 11) is 0. The number of aliphatic hydroxyl groups is 1. The minimum absolute atomic E-state index is 0.132. The Bertz CT molecular complexity index is 307. The largest absolute Gasteiger partial charge is 0.504 e. The van der Waals surface area contributed by atoms with Crippen LogP contribution in [0.15, 0.2) is 18.2 Å². The highest BCUT2D eigenvalue weighted by Crippen LogP contribution is 2.25. The molecular weight excluding hydrogens is 180 g/mol. The lowest BCUT2D eigenvalue weighted by atomic mass is 9.99. The molecule has 0 saturated carbocycles. The number of hydrogen-bond acceptors (Lipinski definition) is 3. The molecule has 3 nitrogen and oxygen atoms in total. The quantitative estimate of drug-likeness (QED) is 0.644. The van der Waals surface area contributed by atoms with Crippen LogP contribution in [-0.2, 0) is 6.42 Å². The fraction of sp³-hybridized carbons (Fsp3) is 0.455. The molecule has 0 aliphatic rings. The Morgan fingerprint density at radius 1 is 1.14 bits per heavy atom. The highest BCUT2D eigenvalue weighted by atomic mass is 16.3. The van der Waals surface area contributed by atoms with E-state index in [1.165, 1.54) is 12.1 Å². The van der Waals surface area contributed by atoms with Gasteiger partial charge in [0.25, 0.3) is 0 Å². The molecule has 1 atom stereocenters. The van der Waals surface area contributed by atoms with Gasteiger partial charge in [-0.15, -0.1) is 0 Å². The van der Waals surface area contributed by atoms with E-state index in [1.54, 1.807) is 6.07 Å². The molecule has 1 aromatic carbocycles. The summed E-state index contributed by atoms with van der Waals surface area (Å²) in [5, 5.41) is 27.9. The summed E-state index contributed by atoms with van der Waals surface area (Å²) in [5.74, 6) is -0.0859. The maximum atomic E-state index is 9.60. The molecule has 0 unspecified atom stereocenters. The fourth-order valence-electron chi connectivity index (χ4n) is 1.17. The Kier molecular flexibility index (Phi) is 3.36. The molecule has 0 aliphatic carbocycles. The van der Waals surface area contributed by atoms with E-state index in [0.29, 0.717) is 6.42 Å². The number of aliphatic hydroxyl groups excluding tert-OH is 1. The molecular formula is C11H16O3. The predicted molar refractivity (Wildman–Crippen MR) is 54.3 cm³/mol. The zero-order chi connectivity index (χ0) is 10.7. The van der Waals surface area contributed by atoms with E-state index >= 15 is 0 Å². The van der Waals surface area contributed by atoms with Crippen LogP contribution in [0, 0.1) is 5.92 Å². The second kappa shape index (κ2) is 4.33. The Morgan fingerprint density at radius 3 is 2.29 bits per heavy atom. The van der Waals surface area contributed by atoms with Crippen molar-refractivity contribution in [1.82, 2.24) is 0 Å². The maximum absolute atomic E-state index is 9.60. The summed E-state index contributed by atoms with van der Waals surface area (Å²) in [6, 6.07) is 4.60. The summed E-state index contributed by atoms with van der Waals surface area (Å²) >= 11 is 0. The zero-order valence-corrected chi connectivity index (χ0v) is 8.44. The predicted octanol–water partition coefficient (Wildman–Crippen LogP) is 1.66. The topological polar surface area (TPSA) is 60.7 Å². The van der Waals surface area contributed by atoms with E-state index in [0.717, 1.165) is 5.56 Å². The van der Waals surface area contributed by atoms with E-state index in [4.69, 9.17) is 5.11 Å². The van der Waals surface area contributed by atoms with Crippen molar-refractivity contribution in [3.8, 4) is 11.5 Å². The fourth-order valence-corrected chi connectivity index (χ4v) is 1.17. The first-order valence-electron chi connectivity index (χ1n) is 4.69. The summed E-state index contributed by atoms with van der Waals surface area (Å²) < 4.78 is 0. The van der Waals surface area contributed by atoms with E-state index in [2.05, 4.69) is 0 Å². The van der Waals surface area contributed by atoms with Gasteiger partial charge in [-0.25, -0.2) is 0 Å². The van der Waals surface area contributed by atoms with Gasteiger partial charge < -0.3 is 15.3 Å². The molecule has 0 amide bonds. The molecule has 0 bridgehead atoms. The molecule has 0 spiro atoms. The lowest BCUT2D eigenvalue weighted by Gasteiger charge is -2.14. The SMILES string of the molecule is CC(C)[C@@H](O)Cc1ccc(O)c(O)c1. The van der Waals surface area contributed by atoms with Crippen LogP contribution in [0.5, 0.6) is 11.5 Å². The summed E-state index contributed by atoms with van der Waals surface area (Å²) in [6.07, 6.45) is 0.0739. The van der Waals surface area contributed by atoms with Crippen molar-refractivity contribution in [3.63, 3.8) is 0 Å². The van der Waals surface area contributed by atoms with Crippen molar-refractivity contribution in [2.75, 3.05) is 0 Å². The third-order valence-electron chi connectivity index (χ3n) is 2.25. The van der Waals surface area contributed by atoms with Crippen LogP contribution in [0.4, 0.5) is 0 Å². The van der Waals surface area contributed by atoms with Gasteiger partial charge in [0, 0.05) is 0 Å². The summed E-state index contributed by atoms with van der Waals surface area (Å²) in [4.78, 5) is 0. The molecule has 0 radical (unpaired) electrons. The summed E-state index contributed by atoms with van der Waals surface area (Å²) in [6.45, 7) is 3.87. The van der Waals surface area contributed by atoms with Crippen molar-refractivity contribution >= 4 is 0 Å². The van der Waals surface area contributed by atoms with Gasteiger partial charge in [0.15, 0.2) is 11.5 Å². The first kappa shape index (κ1) is 10.9. The first-order valence-corrected chi connectivity index (χ1v) is 4.69. The van der Waals surface area contributed by atoms with Crippen molar-refractivity contribution < 1.29 is 15.3 Å². The van der Waals surface area contributed by atoms with E-state index in [-0.39, 0.29) is 17.4 Å². The molecule has 0 fully saturated rings. The molecule has 14 heavy (non-hydrogen) atoms. The highest BCUT2D eigenvalue weighted by molar-refractivity contribution is 5.40. The average Bonchev–Trinajstić information content (AvgIpc) is 2.11. The minimum atomic E-state index is -0.418. The van der Waals surface area contributed by atoms with Crippen LogP contribution in [0.3, 0.4) is 0 Å². The lowest BCUT2D eigenvalue weighted by molar-refractivity contribution is 0.125. The van der Waals surface area contributed by atoms with Crippen molar-refractivity contribution in [1.29, 1.82) is 0 Å². The van der Waals surface area contributed by atoms with Gasteiger partial charge in [0.05, 0.1) is 6.10 Å². The molecule has 3 heteroatoms. The highest BCUT2D eigenvalue weighted by Gasteiger charge is 2.10. The van der Waals surface area contributed by atoms with Crippen LogP contribution in [0.25, 0.3) is 0 Å². The van der Waals surface area contributed by atoms with Crippen LogP contribution in [0.2, 0.25) is 0 Å². The summed E-state index contributed by atoms with van der Waals surface area (Å²) in [5.41, 5.74) is 0.821. The second-order valence-corrected chi connectivity index (χ2v) is 3.84. The van der Waals surface area contributed by atoms with Crippen LogP contribution >= 0.6 is 0 Å². The molecule has 1 rings (SSSR count). The Labute approximate surface area is 83.6 Å². The van der Waals surface area contributed by atoms with Gasteiger partial charge in [-0.2, -0.15) is 0 Å². The van der Waals surface area contributed by atoms with Gasteiger partial charge in [0.1, 0.15) is 0 Å². The number of phenols is 2. The Morgan fingerprint density at radius 2 is 1.79 bits per heavy atom. The number of aromatic hydroxyl groups is 2. The van der Waals surface area contributed by atoms with Crippen LogP contribution < -0.4 is 0 Å². The van der Waals surface area contributed by atoms with Gasteiger partial charge in [-0.3, -0.25) is 0 Å². The van der Waals surface area contributed by atoms with Crippen LogP contribution in [0.1, 0.15) is 19.4 Å². The zero-order valence-electron chi connectivity index (χ0n) is 8.44. The molecule has 1 aromatic rings. The molecule has 3 N–H and O–H groups in total. The minimum Gasteiger partial charge on any atom is -0.504 e. The Hall–Kier alpha value is -1.22.